The molecule has 14 aromatic carbocycles. The van der Waals surface area contributed by atoms with Crippen LogP contribution in [0.25, 0.3) is 224 Å². The van der Waals surface area contributed by atoms with Gasteiger partial charge in [0.15, 0.2) is 23.3 Å². The Bertz CT molecular complexity index is 7740. The minimum atomic E-state index is 0.648. The number of benzene rings is 14. The van der Waals surface area contributed by atoms with Gasteiger partial charge in [-0.1, -0.05) is 279 Å². The van der Waals surface area contributed by atoms with Gasteiger partial charge in [0.1, 0.15) is 46.6 Å². The number of aromatic nitrogens is 18. The fourth-order valence-corrected chi connectivity index (χ4v) is 18.2. The summed E-state index contributed by atoms with van der Waals surface area (Å²) in [5, 5.41) is 2.23. The predicted molar refractivity (Wildman–Crippen MR) is 597 cm³/mol. The minimum Gasteiger partial charge on any atom is -0.264 e. The van der Waals surface area contributed by atoms with Crippen LogP contribution in [-0.4, -0.2) is 89.7 Å². The average molecular weight is 1910 g/mol. The van der Waals surface area contributed by atoms with Gasteiger partial charge in [-0.15, -0.1) is 0 Å². The second-order valence-electron chi connectivity index (χ2n) is 36.1. The molecule has 0 atom stereocenters. The Balaban J connectivity index is 0.000000116. The molecule has 18 heteroatoms. The summed E-state index contributed by atoms with van der Waals surface area (Å²) >= 11 is 0. The first-order valence-electron chi connectivity index (χ1n) is 49.0. The molecule has 0 unspecified atom stereocenters. The van der Waals surface area contributed by atoms with E-state index < -0.39 is 0 Å². The van der Waals surface area contributed by atoms with Crippen LogP contribution < -0.4 is 0 Å². The Kier molecular flexibility index (Phi) is 27.9. The number of rotatable bonds is 18. The van der Waals surface area contributed by atoms with E-state index in [0.29, 0.717) is 58.2 Å². The molecule has 708 valence electrons. The summed E-state index contributed by atoms with van der Waals surface area (Å²) in [6.07, 6.45) is 11.0. The third-order valence-corrected chi connectivity index (χ3v) is 25.4. The molecular formula is C130H98N18. The Hall–Kier alpha value is -19.5. The summed E-state index contributed by atoms with van der Waals surface area (Å²) in [6, 6.07) is 143. The molecule has 0 saturated heterocycles. The third-order valence-electron chi connectivity index (χ3n) is 25.4. The Morgan fingerprint density at radius 3 is 0.608 bits per heavy atom. The molecule has 0 aliphatic carbocycles. The van der Waals surface area contributed by atoms with Crippen LogP contribution in [0.2, 0.25) is 0 Å². The van der Waals surface area contributed by atoms with Crippen molar-refractivity contribution < 1.29 is 0 Å². The quantitative estimate of drug-likeness (QED) is 0.0777. The standard InChI is InChI=1S/C35H27N3.2C33H25N5.C29H21N5/c1-24-36-25(2)38-35(37-24)34-22-32(30-17-13-28(14-18-30)26-9-5-3-6-10-26)21-33(23-34)31-19-15-29(16-20-31)27-11-7-4-8-12-27;1-22-36-23(2)38-33(37-22)32-18-30(26-11-7-24(8-12-26)28-5-3-15-34-20-28)17-31(19-32)27-13-9-25(10-14-27)29-6-4-16-35-21-29;1-22-36-23(2)38-33(37-22)30-20-28(24-9-13-26(14-10-24)31-7-3-5-17-34-31)19-29(21-30)25-11-15-27(16-12-25)32-8-4-6-18-35-32;1-18-30-19(2)32-29(31-18)24-16-22(27-13-11-20-7-3-5-9-25(20)33-27)15-23(17-24)28-14-12-21-8-4-6-10-26(21)34-28/h3-23H,1-2H3;2*3-21H,1-2H3;3-17H,1-2H3. The molecule has 0 fully saturated rings. The SMILES string of the molecule is Cc1nc(C)nc(-c2cc(-c3ccc(-c4ccccc4)cc3)cc(-c3ccc(-c4ccccc4)cc3)c2)n1.Cc1nc(C)nc(-c2cc(-c3ccc(-c4ccccn4)cc3)cc(-c3ccc(-c4ccccn4)cc3)c2)n1.Cc1nc(C)nc(-c2cc(-c3ccc(-c4cccnc4)cc3)cc(-c3ccc(-c4cccnc4)cc3)c2)n1.Cc1nc(C)nc(-c2cc(-c3ccc4ccccc4n3)cc(-c3ccc4ccccc4n3)c2)n1. The molecular weight excluding hydrogens is 1810 g/mol. The molecule has 0 aliphatic heterocycles. The lowest BCUT2D eigenvalue weighted by Crippen LogP contribution is -1.99. The predicted octanol–water partition coefficient (Wildman–Crippen LogP) is 30.6. The van der Waals surface area contributed by atoms with Crippen molar-refractivity contribution in [2.45, 2.75) is 55.4 Å². The molecule has 10 aromatic heterocycles. The monoisotopic (exact) mass is 1910 g/mol. The molecule has 0 radical (unpaired) electrons. The van der Waals surface area contributed by atoms with Crippen LogP contribution in [0.4, 0.5) is 0 Å². The second kappa shape index (κ2) is 43.6. The van der Waals surface area contributed by atoms with E-state index in [1.54, 1.807) is 12.4 Å². The molecule has 18 nitrogen and oxygen atoms in total. The molecule has 0 bridgehead atoms. The highest BCUT2D eigenvalue weighted by Crippen LogP contribution is 2.41. The van der Waals surface area contributed by atoms with E-state index in [1.807, 2.05) is 177 Å². The van der Waals surface area contributed by atoms with Gasteiger partial charge >= 0.3 is 0 Å². The average Bonchev–Trinajstić information content (AvgIpc) is 0.785. The van der Waals surface area contributed by atoms with Gasteiger partial charge in [0.05, 0.1) is 33.8 Å². The van der Waals surface area contributed by atoms with Gasteiger partial charge in [-0.25, -0.2) is 69.8 Å². The molecule has 148 heavy (non-hydrogen) atoms. The third kappa shape index (κ3) is 22.7. The number of hydrogen-bond acceptors (Lipinski definition) is 18. The summed E-state index contributed by atoms with van der Waals surface area (Å²) in [4.78, 5) is 81.9. The lowest BCUT2D eigenvalue weighted by atomic mass is 9.93. The van der Waals surface area contributed by atoms with E-state index in [1.165, 1.54) is 22.3 Å². The largest absolute Gasteiger partial charge is 0.264 e. The molecule has 0 saturated carbocycles. The van der Waals surface area contributed by atoms with Gasteiger partial charge in [0, 0.05) is 92.5 Å². The highest BCUT2D eigenvalue weighted by Gasteiger charge is 2.20. The molecule has 0 aliphatic rings. The highest BCUT2D eigenvalue weighted by atomic mass is 15.0. The number of hydrogen-bond donors (Lipinski definition) is 0. The summed E-state index contributed by atoms with van der Waals surface area (Å²) in [6.45, 7) is 15.2. The first kappa shape index (κ1) is 94.8. The maximum Gasteiger partial charge on any atom is 0.163 e. The molecule has 0 amide bonds. The van der Waals surface area contributed by atoms with Crippen molar-refractivity contribution >= 4 is 21.8 Å². The fourth-order valence-electron chi connectivity index (χ4n) is 18.2. The van der Waals surface area contributed by atoms with Crippen molar-refractivity contribution in [2.75, 3.05) is 0 Å². The minimum absolute atomic E-state index is 0.648. The van der Waals surface area contributed by atoms with Crippen LogP contribution >= 0.6 is 0 Å². The lowest BCUT2D eigenvalue weighted by Gasteiger charge is -2.12. The van der Waals surface area contributed by atoms with Crippen molar-refractivity contribution in [3.05, 3.63) is 496 Å². The van der Waals surface area contributed by atoms with Crippen LogP contribution in [0.5, 0.6) is 0 Å². The molecule has 24 aromatic rings. The van der Waals surface area contributed by atoms with E-state index in [0.717, 1.165) is 190 Å². The highest BCUT2D eigenvalue weighted by molar-refractivity contribution is 5.90. The van der Waals surface area contributed by atoms with Gasteiger partial charge in [-0.3, -0.25) is 19.9 Å². The van der Waals surface area contributed by atoms with Crippen LogP contribution in [-0.2, 0) is 0 Å². The number of pyridine rings is 6. The summed E-state index contributed by atoms with van der Waals surface area (Å²) < 4.78 is 0. The van der Waals surface area contributed by atoms with E-state index in [2.05, 4.69) is 395 Å². The van der Waals surface area contributed by atoms with Crippen molar-refractivity contribution in [1.82, 2.24) is 89.7 Å². The molecule has 10 heterocycles. The maximum absolute atomic E-state index is 4.93. The first-order chi connectivity index (χ1) is 72.5. The van der Waals surface area contributed by atoms with E-state index in [-0.39, 0.29) is 0 Å². The lowest BCUT2D eigenvalue weighted by molar-refractivity contribution is 0.928. The van der Waals surface area contributed by atoms with Gasteiger partial charge < -0.3 is 0 Å². The Morgan fingerprint density at radius 2 is 0.345 bits per heavy atom. The number of fused-ring (bicyclic) bond motifs is 2. The molecule has 0 spiro atoms. The van der Waals surface area contributed by atoms with E-state index >= 15 is 0 Å². The molecule has 0 N–H and O–H groups in total. The maximum atomic E-state index is 4.93. The van der Waals surface area contributed by atoms with Crippen molar-refractivity contribution in [3.63, 3.8) is 0 Å². The van der Waals surface area contributed by atoms with Gasteiger partial charge in [0.25, 0.3) is 0 Å². The zero-order chi connectivity index (χ0) is 101. The van der Waals surface area contributed by atoms with Crippen LogP contribution in [0.15, 0.2) is 450 Å². The topological polar surface area (TPSA) is 232 Å². The smallest absolute Gasteiger partial charge is 0.163 e. The van der Waals surface area contributed by atoms with Crippen molar-refractivity contribution in [3.8, 4) is 202 Å². The summed E-state index contributed by atoms with van der Waals surface area (Å²) in [7, 11) is 0. The second-order valence-corrected chi connectivity index (χ2v) is 36.1. The van der Waals surface area contributed by atoms with Gasteiger partial charge in [0.2, 0.25) is 0 Å². The number of nitrogens with zero attached hydrogens (tertiary/aromatic N) is 18. The zero-order valence-electron chi connectivity index (χ0n) is 82.8. The summed E-state index contributed by atoms with van der Waals surface area (Å²) in [5.74, 6) is 8.36. The van der Waals surface area contributed by atoms with E-state index in [4.69, 9.17) is 9.97 Å². The summed E-state index contributed by atoms with van der Waals surface area (Å²) in [5.41, 5.74) is 36.2. The molecule has 24 rings (SSSR count). The van der Waals surface area contributed by atoms with Gasteiger partial charge in [-0.05, 0) is 300 Å². The Morgan fingerprint density at radius 1 is 0.128 bits per heavy atom. The normalized spacial score (nSPS) is 11.0. The van der Waals surface area contributed by atoms with Crippen molar-refractivity contribution in [2.24, 2.45) is 0 Å². The van der Waals surface area contributed by atoms with E-state index in [9.17, 15) is 0 Å². The van der Waals surface area contributed by atoms with Crippen molar-refractivity contribution in [1.29, 1.82) is 0 Å². The first-order valence-corrected chi connectivity index (χ1v) is 49.0. The number of aryl methyl sites for hydroxylation is 8. The van der Waals surface area contributed by atoms with Crippen LogP contribution in [0.1, 0.15) is 46.6 Å². The van der Waals surface area contributed by atoms with Gasteiger partial charge in [-0.2, -0.15) is 0 Å². The fraction of sp³-hybridized carbons (Fsp3) is 0.0615. The van der Waals surface area contributed by atoms with Crippen LogP contribution in [0.3, 0.4) is 0 Å². The number of para-hydroxylation sites is 2. The Labute approximate surface area is 859 Å². The zero-order valence-corrected chi connectivity index (χ0v) is 82.8. The van der Waals surface area contributed by atoms with Crippen LogP contribution in [0, 0.1) is 55.4 Å².